The number of benzene rings is 1. The van der Waals surface area contributed by atoms with Crippen LogP contribution in [0, 0.1) is 5.92 Å². The third kappa shape index (κ3) is 2.16. The van der Waals surface area contributed by atoms with E-state index in [4.69, 9.17) is 5.11 Å². The van der Waals surface area contributed by atoms with Crippen LogP contribution in [-0.2, 0) is 11.2 Å². The van der Waals surface area contributed by atoms with Crippen LogP contribution < -0.4 is 0 Å². The molecule has 1 unspecified atom stereocenters. The molecule has 0 fully saturated rings. The van der Waals surface area contributed by atoms with Crippen LogP contribution in [0.15, 0.2) is 22.7 Å². The van der Waals surface area contributed by atoms with Crippen molar-refractivity contribution in [1.29, 1.82) is 0 Å². The maximum Gasteiger partial charge on any atom is 0.304 e. The first-order valence-corrected chi connectivity index (χ1v) is 5.91. The number of ketones is 1. The van der Waals surface area contributed by atoms with Gasteiger partial charge in [-0.25, -0.2) is 0 Å². The minimum Gasteiger partial charge on any atom is -0.481 e. The Labute approximate surface area is 102 Å². The van der Waals surface area contributed by atoms with E-state index >= 15 is 0 Å². The van der Waals surface area contributed by atoms with Gasteiger partial charge >= 0.3 is 5.97 Å². The summed E-state index contributed by atoms with van der Waals surface area (Å²) in [6.45, 7) is 0. The second-order valence-electron chi connectivity index (χ2n) is 4.00. The molecule has 0 heterocycles. The lowest BCUT2D eigenvalue weighted by molar-refractivity contribution is -0.137. The van der Waals surface area contributed by atoms with E-state index in [9.17, 15) is 9.59 Å². The molecule has 1 aliphatic rings. The van der Waals surface area contributed by atoms with E-state index < -0.39 is 5.97 Å². The highest BCUT2D eigenvalue weighted by Crippen LogP contribution is 2.29. The molecule has 0 aromatic heterocycles. The van der Waals surface area contributed by atoms with Crippen molar-refractivity contribution in [2.24, 2.45) is 5.92 Å². The summed E-state index contributed by atoms with van der Waals surface area (Å²) in [5, 5.41) is 8.72. The predicted molar refractivity (Wildman–Crippen MR) is 62.5 cm³/mol. The van der Waals surface area contributed by atoms with Crippen molar-refractivity contribution in [3.8, 4) is 0 Å². The first-order valence-electron chi connectivity index (χ1n) is 5.12. The number of Topliss-reactive ketones (excluding diaryl/α,β-unsaturated/α-hetero) is 1. The van der Waals surface area contributed by atoms with Gasteiger partial charge in [-0.1, -0.05) is 22.0 Å². The Morgan fingerprint density at radius 1 is 1.50 bits per heavy atom. The molecule has 1 aliphatic carbocycles. The van der Waals surface area contributed by atoms with Gasteiger partial charge < -0.3 is 5.11 Å². The van der Waals surface area contributed by atoms with Gasteiger partial charge in [-0.05, 0) is 30.5 Å². The monoisotopic (exact) mass is 282 g/mol. The number of aliphatic carboxylic acids is 1. The van der Waals surface area contributed by atoms with E-state index in [0.29, 0.717) is 12.0 Å². The van der Waals surface area contributed by atoms with Gasteiger partial charge in [-0.3, -0.25) is 9.59 Å². The molecule has 0 bridgehead atoms. The molecule has 1 aromatic rings. The summed E-state index contributed by atoms with van der Waals surface area (Å²) in [4.78, 5) is 22.7. The SMILES string of the molecule is O=C(O)CC1CCc2ccc(Br)cc2C1=O. The van der Waals surface area contributed by atoms with Gasteiger partial charge in [0.05, 0.1) is 6.42 Å². The maximum absolute atomic E-state index is 12.0. The second-order valence-corrected chi connectivity index (χ2v) is 4.91. The molecule has 0 amide bonds. The van der Waals surface area contributed by atoms with Gasteiger partial charge in [-0.2, -0.15) is 0 Å². The molecule has 0 spiro atoms. The largest absolute Gasteiger partial charge is 0.481 e. The van der Waals surface area contributed by atoms with Crippen LogP contribution >= 0.6 is 15.9 Å². The fraction of sp³-hybridized carbons (Fsp3) is 0.333. The standard InChI is InChI=1S/C12H11BrO3/c13-9-4-3-7-1-2-8(5-11(14)15)12(16)10(7)6-9/h3-4,6,8H,1-2,5H2,(H,14,15). The Balaban J connectivity index is 2.30. The summed E-state index contributed by atoms with van der Waals surface area (Å²) >= 11 is 3.32. The lowest BCUT2D eigenvalue weighted by atomic mass is 9.81. The summed E-state index contributed by atoms with van der Waals surface area (Å²) in [6, 6.07) is 5.61. The average molecular weight is 283 g/mol. The van der Waals surface area contributed by atoms with Crippen LogP contribution in [0.2, 0.25) is 0 Å². The van der Waals surface area contributed by atoms with Gasteiger partial charge in [0.25, 0.3) is 0 Å². The lowest BCUT2D eigenvalue weighted by Gasteiger charge is -2.22. The van der Waals surface area contributed by atoms with E-state index in [-0.39, 0.29) is 18.1 Å². The Morgan fingerprint density at radius 2 is 2.25 bits per heavy atom. The summed E-state index contributed by atoms with van der Waals surface area (Å²) < 4.78 is 0.857. The van der Waals surface area contributed by atoms with Crippen LogP contribution in [0.4, 0.5) is 0 Å². The number of fused-ring (bicyclic) bond motifs is 1. The fourth-order valence-corrected chi connectivity index (χ4v) is 2.44. The molecule has 3 nitrogen and oxygen atoms in total. The highest BCUT2D eigenvalue weighted by molar-refractivity contribution is 9.10. The zero-order valence-corrected chi connectivity index (χ0v) is 10.2. The third-order valence-electron chi connectivity index (χ3n) is 2.89. The number of carboxylic acids is 1. The van der Waals surface area contributed by atoms with E-state index in [1.54, 1.807) is 6.07 Å². The molecule has 2 rings (SSSR count). The molecule has 0 saturated carbocycles. The van der Waals surface area contributed by atoms with Gasteiger partial charge in [0.2, 0.25) is 0 Å². The normalized spacial score (nSPS) is 19.3. The Hall–Kier alpha value is -1.16. The first kappa shape index (κ1) is 11.3. The van der Waals surface area contributed by atoms with Crippen molar-refractivity contribution in [3.05, 3.63) is 33.8 Å². The molecule has 1 N–H and O–H groups in total. The van der Waals surface area contributed by atoms with Crippen molar-refractivity contribution in [3.63, 3.8) is 0 Å². The smallest absolute Gasteiger partial charge is 0.304 e. The number of halogens is 1. The minimum atomic E-state index is -0.906. The van der Waals surface area contributed by atoms with E-state index in [1.807, 2.05) is 12.1 Å². The van der Waals surface area contributed by atoms with Crippen molar-refractivity contribution in [1.82, 2.24) is 0 Å². The zero-order valence-electron chi connectivity index (χ0n) is 8.57. The number of hydrogen-bond acceptors (Lipinski definition) is 2. The number of aryl methyl sites for hydroxylation is 1. The first-order chi connectivity index (χ1) is 7.58. The quantitative estimate of drug-likeness (QED) is 0.907. The van der Waals surface area contributed by atoms with Gasteiger partial charge in [0.1, 0.15) is 0 Å². The Morgan fingerprint density at radius 3 is 2.94 bits per heavy atom. The molecule has 0 radical (unpaired) electrons. The van der Waals surface area contributed by atoms with Crippen LogP contribution in [0.3, 0.4) is 0 Å². The van der Waals surface area contributed by atoms with Crippen LogP contribution in [0.5, 0.6) is 0 Å². The Kier molecular flexibility index (Phi) is 3.10. The molecule has 1 aromatic carbocycles. The van der Waals surface area contributed by atoms with Gasteiger partial charge in [0, 0.05) is 16.0 Å². The van der Waals surface area contributed by atoms with E-state index in [1.165, 1.54) is 0 Å². The van der Waals surface area contributed by atoms with Crippen LogP contribution in [0.25, 0.3) is 0 Å². The van der Waals surface area contributed by atoms with Crippen LogP contribution in [0.1, 0.15) is 28.8 Å². The molecular formula is C12H11BrO3. The van der Waals surface area contributed by atoms with Crippen molar-refractivity contribution < 1.29 is 14.7 Å². The van der Waals surface area contributed by atoms with Crippen molar-refractivity contribution in [2.75, 3.05) is 0 Å². The summed E-state index contributed by atoms with van der Waals surface area (Å²) in [5.41, 5.74) is 1.70. The number of carbonyl (C=O) groups is 2. The molecule has 1 atom stereocenters. The molecule has 16 heavy (non-hydrogen) atoms. The maximum atomic E-state index is 12.0. The topological polar surface area (TPSA) is 54.4 Å². The lowest BCUT2D eigenvalue weighted by Crippen LogP contribution is -2.24. The summed E-state index contributed by atoms with van der Waals surface area (Å²) in [7, 11) is 0. The minimum absolute atomic E-state index is 0.0371. The fourth-order valence-electron chi connectivity index (χ4n) is 2.08. The molecular weight excluding hydrogens is 272 g/mol. The zero-order chi connectivity index (χ0) is 11.7. The Bertz CT molecular complexity index is 454. The van der Waals surface area contributed by atoms with Gasteiger partial charge in [0.15, 0.2) is 5.78 Å². The summed E-state index contributed by atoms with van der Waals surface area (Å²) in [6.07, 6.45) is 1.36. The predicted octanol–water partition coefficient (Wildman–Crippen LogP) is 2.67. The molecule has 4 heteroatoms. The van der Waals surface area contributed by atoms with Gasteiger partial charge in [-0.15, -0.1) is 0 Å². The highest BCUT2D eigenvalue weighted by Gasteiger charge is 2.28. The number of rotatable bonds is 2. The third-order valence-corrected chi connectivity index (χ3v) is 3.38. The number of carboxylic acid groups (broad SMARTS) is 1. The average Bonchev–Trinajstić information content (AvgIpc) is 2.22. The number of hydrogen-bond donors (Lipinski definition) is 1. The van der Waals surface area contributed by atoms with Crippen molar-refractivity contribution in [2.45, 2.75) is 19.3 Å². The molecule has 84 valence electrons. The van der Waals surface area contributed by atoms with Crippen LogP contribution in [-0.4, -0.2) is 16.9 Å². The summed E-state index contributed by atoms with van der Waals surface area (Å²) in [5.74, 6) is -1.30. The highest BCUT2D eigenvalue weighted by atomic mass is 79.9. The second kappa shape index (κ2) is 4.37. The van der Waals surface area contributed by atoms with Crippen molar-refractivity contribution >= 4 is 27.7 Å². The van der Waals surface area contributed by atoms with E-state index in [2.05, 4.69) is 15.9 Å². The number of carbonyl (C=O) groups excluding carboxylic acids is 1. The molecule has 0 aliphatic heterocycles. The van der Waals surface area contributed by atoms with E-state index in [0.717, 1.165) is 16.5 Å². The molecule has 0 saturated heterocycles.